The molecule has 10 nitrogen and oxygen atoms in total. The van der Waals surface area contributed by atoms with Gasteiger partial charge in [0.1, 0.15) is 11.5 Å². The van der Waals surface area contributed by atoms with Gasteiger partial charge in [0.05, 0.1) is 34.8 Å². The topological polar surface area (TPSA) is 138 Å². The molecule has 7 rings (SSSR count). The van der Waals surface area contributed by atoms with Crippen molar-refractivity contribution in [2.45, 2.75) is 6.04 Å². The summed E-state index contributed by atoms with van der Waals surface area (Å²) in [6, 6.07) is 14.0. The Morgan fingerprint density at radius 3 is 2.74 bits per heavy atom. The largest absolute Gasteiger partial charge is 0.352 e. The van der Waals surface area contributed by atoms with Crippen molar-refractivity contribution >= 4 is 27.9 Å². The highest BCUT2D eigenvalue weighted by Crippen LogP contribution is 2.32. The minimum absolute atomic E-state index is 0.196. The van der Waals surface area contributed by atoms with E-state index in [4.69, 9.17) is 15.7 Å². The van der Waals surface area contributed by atoms with E-state index < -0.39 is 0 Å². The second-order valence-corrected chi connectivity index (χ2v) is 8.62. The number of pyridine rings is 2. The first-order valence-corrected chi connectivity index (χ1v) is 11.3. The van der Waals surface area contributed by atoms with Crippen LogP contribution >= 0.6 is 0 Å². The summed E-state index contributed by atoms with van der Waals surface area (Å²) in [4.78, 5) is 28.4. The number of benzene rings is 1. The van der Waals surface area contributed by atoms with Gasteiger partial charge in [-0.15, -0.1) is 0 Å². The molecule has 1 saturated heterocycles. The summed E-state index contributed by atoms with van der Waals surface area (Å²) in [7, 11) is 0. The Morgan fingerprint density at radius 2 is 1.89 bits per heavy atom. The first-order chi connectivity index (χ1) is 17.2. The molecule has 0 saturated carbocycles. The van der Waals surface area contributed by atoms with Gasteiger partial charge in [0.15, 0.2) is 11.5 Å². The van der Waals surface area contributed by atoms with Gasteiger partial charge < -0.3 is 15.6 Å². The van der Waals surface area contributed by atoms with E-state index in [1.54, 1.807) is 24.8 Å². The average Bonchev–Trinajstić information content (AvgIpc) is 3.51. The summed E-state index contributed by atoms with van der Waals surface area (Å²) in [5, 5.41) is 8.59. The normalized spacial score (nSPS) is 14.0. The smallest absolute Gasteiger partial charge is 0.178 e. The van der Waals surface area contributed by atoms with Crippen LogP contribution in [0.3, 0.4) is 0 Å². The number of nitrogens with two attached hydrogens (primary N) is 1. The minimum Gasteiger partial charge on any atom is -0.352 e. The van der Waals surface area contributed by atoms with Gasteiger partial charge in [-0.1, -0.05) is 12.1 Å². The molecule has 0 radical (unpaired) electrons. The van der Waals surface area contributed by atoms with Crippen LogP contribution in [0.1, 0.15) is 0 Å². The summed E-state index contributed by atoms with van der Waals surface area (Å²) >= 11 is 0. The third-order valence-electron chi connectivity index (χ3n) is 6.27. The van der Waals surface area contributed by atoms with Crippen LogP contribution in [-0.4, -0.2) is 59.2 Å². The summed E-state index contributed by atoms with van der Waals surface area (Å²) in [6.07, 6.45) is 7.07. The highest BCUT2D eigenvalue weighted by atomic mass is 15.3. The molecule has 6 aromatic rings. The van der Waals surface area contributed by atoms with Gasteiger partial charge in [0.2, 0.25) is 0 Å². The summed E-state index contributed by atoms with van der Waals surface area (Å²) in [5.41, 5.74) is 12.5. The van der Waals surface area contributed by atoms with Crippen LogP contribution in [0.2, 0.25) is 0 Å². The zero-order valence-corrected chi connectivity index (χ0v) is 18.6. The van der Waals surface area contributed by atoms with Gasteiger partial charge >= 0.3 is 0 Å². The standard InChI is InChI=1S/C25H20N10/c26-15-12-35(13-15)21-11-27-10-20(30-21)14-4-5-19-17(9-14)23(34-33-19)25-31-22-16(6-8-29-24(22)32-25)18-3-1-2-7-28-18/h1-11,15H,12-13,26H2,(H,33,34)(H,29,31,32). The monoisotopic (exact) mass is 460 g/mol. The molecule has 5 aromatic heterocycles. The number of fused-ring (bicyclic) bond motifs is 2. The van der Waals surface area contributed by atoms with Crippen molar-refractivity contribution in [1.29, 1.82) is 0 Å². The second kappa shape index (κ2) is 7.67. The first kappa shape index (κ1) is 19.7. The highest BCUT2D eigenvalue weighted by Gasteiger charge is 2.24. The third kappa shape index (κ3) is 3.30. The van der Waals surface area contributed by atoms with Crippen molar-refractivity contribution in [2.24, 2.45) is 5.73 Å². The second-order valence-electron chi connectivity index (χ2n) is 8.62. The number of nitrogens with zero attached hydrogens (tertiary/aromatic N) is 7. The molecule has 0 amide bonds. The number of rotatable bonds is 4. The van der Waals surface area contributed by atoms with E-state index in [-0.39, 0.29) is 6.04 Å². The van der Waals surface area contributed by atoms with Crippen LogP contribution in [0.4, 0.5) is 5.82 Å². The molecule has 6 heterocycles. The van der Waals surface area contributed by atoms with Gasteiger partial charge in [-0.25, -0.2) is 15.0 Å². The van der Waals surface area contributed by atoms with Crippen molar-refractivity contribution in [1.82, 2.24) is 40.1 Å². The van der Waals surface area contributed by atoms with Crippen molar-refractivity contribution in [2.75, 3.05) is 18.0 Å². The molecular weight excluding hydrogens is 440 g/mol. The van der Waals surface area contributed by atoms with E-state index in [9.17, 15) is 0 Å². The van der Waals surface area contributed by atoms with E-state index in [1.807, 2.05) is 36.4 Å². The van der Waals surface area contributed by atoms with E-state index in [0.717, 1.165) is 57.8 Å². The molecule has 1 aromatic carbocycles. The Kier molecular flexibility index (Phi) is 4.33. The van der Waals surface area contributed by atoms with Crippen molar-refractivity contribution in [3.8, 4) is 34.0 Å². The van der Waals surface area contributed by atoms with Gasteiger partial charge in [-0.05, 0) is 30.3 Å². The summed E-state index contributed by atoms with van der Waals surface area (Å²) in [6.45, 7) is 1.59. The number of H-pyrrole nitrogens is 2. The molecule has 4 N–H and O–H groups in total. The molecule has 0 bridgehead atoms. The molecule has 35 heavy (non-hydrogen) atoms. The van der Waals surface area contributed by atoms with Gasteiger partial charge in [0.25, 0.3) is 0 Å². The molecule has 170 valence electrons. The maximum absolute atomic E-state index is 5.93. The van der Waals surface area contributed by atoms with Crippen LogP contribution in [0, 0.1) is 0 Å². The minimum atomic E-state index is 0.196. The molecule has 1 aliphatic rings. The lowest BCUT2D eigenvalue weighted by Gasteiger charge is -2.37. The number of anilines is 1. The van der Waals surface area contributed by atoms with E-state index in [1.165, 1.54) is 0 Å². The van der Waals surface area contributed by atoms with Crippen molar-refractivity contribution in [3.63, 3.8) is 0 Å². The lowest BCUT2D eigenvalue weighted by molar-refractivity contribution is 0.514. The van der Waals surface area contributed by atoms with Crippen LogP contribution in [0.5, 0.6) is 0 Å². The number of imidazole rings is 1. The van der Waals surface area contributed by atoms with E-state index in [0.29, 0.717) is 17.2 Å². The van der Waals surface area contributed by atoms with Crippen molar-refractivity contribution < 1.29 is 0 Å². The van der Waals surface area contributed by atoms with Gasteiger partial charge in [-0.2, -0.15) is 5.10 Å². The van der Waals surface area contributed by atoms with Crippen LogP contribution < -0.4 is 10.6 Å². The van der Waals surface area contributed by atoms with Crippen LogP contribution in [0.25, 0.3) is 56.1 Å². The number of nitrogens with one attached hydrogen (secondary N) is 2. The Balaban J connectivity index is 1.31. The lowest BCUT2D eigenvalue weighted by Crippen LogP contribution is -2.56. The van der Waals surface area contributed by atoms with E-state index >= 15 is 0 Å². The number of aromatic amines is 2. The highest BCUT2D eigenvalue weighted by molar-refractivity contribution is 5.97. The molecule has 10 heteroatoms. The fraction of sp³-hybridized carbons (Fsp3) is 0.120. The Bertz CT molecular complexity index is 1680. The first-order valence-electron chi connectivity index (χ1n) is 11.3. The van der Waals surface area contributed by atoms with Gasteiger partial charge in [-0.3, -0.25) is 15.1 Å². The Hall–Kier alpha value is -4.70. The number of aromatic nitrogens is 8. The molecule has 0 unspecified atom stereocenters. The average molecular weight is 461 g/mol. The van der Waals surface area contributed by atoms with Crippen molar-refractivity contribution in [3.05, 3.63) is 67.3 Å². The zero-order chi connectivity index (χ0) is 23.4. The van der Waals surface area contributed by atoms with Crippen LogP contribution in [0.15, 0.2) is 67.3 Å². The lowest BCUT2D eigenvalue weighted by atomic mass is 10.1. The third-order valence-corrected chi connectivity index (χ3v) is 6.27. The summed E-state index contributed by atoms with van der Waals surface area (Å²) < 4.78 is 0. The molecular formula is C25H20N10. The van der Waals surface area contributed by atoms with E-state index in [2.05, 4.69) is 41.1 Å². The molecule has 0 atom stereocenters. The molecule has 1 fully saturated rings. The van der Waals surface area contributed by atoms with Crippen LogP contribution in [-0.2, 0) is 0 Å². The molecule has 0 spiro atoms. The predicted molar refractivity (Wildman–Crippen MR) is 133 cm³/mol. The fourth-order valence-corrected chi connectivity index (χ4v) is 4.46. The zero-order valence-electron chi connectivity index (χ0n) is 18.6. The quantitative estimate of drug-likeness (QED) is 0.365. The maximum Gasteiger partial charge on any atom is 0.178 e. The maximum atomic E-state index is 5.93. The SMILES string of the molecule is NC1CN(c2cncc(-c3ccc4[nH]nc(-c5nc6nccc(-c7ccccn7)c6[nH]5)c4c3)n2)C1. The fourth-order valence-electron chi connectivity index (χ4n) is 4.46. The Labute approximate surface area is 199 Å². The predicted octanol–water partition coefficient (Wildman–Crippen LogP) is 3.17. The number of hydrogen-bond acceptors (Lipinski definition) is 8. The summed E-state index contributed by atoms with van der Waals surface area (Å²) in [5.74, 6) is 1.47. The molecule has 0 aliphatic carbocycles. The number of hydrogen-bond donors (Lipinski definition) is 3. The Morgan fingerprint density at radius 1 is 0.943 bits per heavy atom. The van der Waals surface area contributed by atoms with Gasteiger partial charge in [0, 0.05) is 48.0 Å². The molecule has 1 aliphatic heterocycles.